The van der Waals surface area contributed by atoms with Crippen molar-refractivity contribution in [1.82, 2.24) is 0 Å². The van der Waals surface area contributed by atoms with E-state index < -0.39 is 11.8 Å². The molecule has 0 atom stereocenters. The maximum Gasteiger partial charge on any atom is 0.328 e. The van der Waals surface area contributed by atoms with E-state index in [1.807, 2.05) is 0 Å². The van der Waals surface area contributed by atoms with E-state index >= 15 is 0 Å². The summed E-state index contributed by atoms with van der Waals surface area (Å²) in [6.45, 7) is 0. The van der Waals surface area contributed by atoms with Crippen molar-refractivity contribution in [3.8, 4) is 0 Å². The van der Waals surface area contributed by atoms with Crippen molar-refractivity contribution in [2.45, 2.75) is 0 Å². The second-order valence-corrected chi connectivity index (χ2v) is 3.27. The third-order valence-corrected chi connectivity index (χ3v) is 2.06. The molecule has 0 bridgehead atoms. The van der Waals surface area contributed by atoms with Crippen molar-refractivity contribution in [2.75, 3.05) is 0 Å². The first kappa shape index (κ1) is 11.0. The number of hydrogen-bond donors (Lipinski definition) is 1. The quantitative estimate of drug-likeness (QED) is 0.631. The zero-order valence-electron chi connectivity index (χ0n) is 6.80. The SMILES string of the molecule is O=C(O)C=Cc1cc(Cl)c(F)cc1Cl. The van der Waals surface area contributed by atoms with Gasteiger partial charge in [0.2, 0.25) is 0 Å². The van der Waals surface area contributed by atoms with Crippen LogP contribution in [-0.2, 0) is 4.79 Å². The Labute approximate surface area is 89.6 Å². The van der Waals surface area contributed by atoms with E-state index in [9.17, 15) is 9.18 Å². The molecule has 5 heteroatoms. The van der Waals surface area contributed by atoms with Gasteiger partial charge < -0.3 is 5.11 Å². The van der Waals surface area contributed by atoms with Gasteiger partial charge in [0.25, 0.3) is 0 Å². The highest BCUT2D eigenvalue weighted by atomic mass is 35.5. The fraction of sp³-hybridized carbons (Fsp3) is 0. The molecule has 2 nitrogen and oxygen atoms in total. The third-order valence-electron chi connectivity index (χ3n) is 1.45. The Morgan fingerprint density at radius 3 is 2.57 bits per heavy atom. The second kappa shape index (κ2) is 4.44. The molecule has 14 heavy (non-hydrogen) atoms. The van der Waals surface area contributed by atoms with Gasteiger partial charge in [-0.3, -0.25) is 0 Å². The minimum absolute atomic E-state index is 0.0977. The Balaban J connectivity index is 3.10. The van der Waals surface area contributed by atoms with Crippen molar-refractivity contribution >= 4 is 35.2 Å². The second-order valence-electron chi connectivity index (χ2n) is 2.46. The lowest BCUT2D eigenvalue weighted by atomic mass is 10.2. The minimum Gasteiger partial charge on any atom is -0.478 e. The normalized spacial score (nSPS) is 10.8. The summed E-state index contributed by atoms with van der Waals surface area (Å²) in [6, 6.07) is 2.30. The maximum atomic E-state index is 12.8. The molecule has 74 valence electrons. The molecule has 0 aromatic heterocycles. The average molecular weight is 235 g/mol. The first-order valence-electron chi connectivity index (χ1n) is 3.56. The Morgan fingerprint density at radius 2 is 2.00 bits per heavy atom. The average Bonchev–Trinajstić information content (AvgIpc) is 2.09. The highest BCUT2D eigenvalue weighted by molar-refractivity contribution is 6.34. The number of aliphatic carboxylic acids is 1. The van der Waals surface area contributed by atoms with Crippen LogP contribution in [0.2, 0.25) is 10.0 Å². The number of rotatable bonds is 2. The van der Waals surface area contributed by atoms with Crippen molar-refractivity contribution < 1.29 is 14.3 Å². The van der Waals surface area contributed by atoms with Gasteiger partial charge in [0.05, 0.1) is 10.0 Å². The number of carboxylic acids is 1. The molecule has 0 fully saturated rings. The summed E-state index contributed by atoms with van der Waals surface area (Å²) in [6.07, 6.45) is 2.14. The van der Waals surface area contributed by atoms with Crippen LogP contribution in [0, 0.1) is 5.82 Å². The number of hydrogen-bond acceptors (Lipinski definition) is 1. The van der Waals surface area contributed by atoms with Crippen molar-refractivity contribution in [1.29, 1.82) is 0 Å². The predicted molar refractivity (Wildman–Crippen MR) is 53.1 cm³/mol. The van der Waals surface area contributed by atoms with Gasteiger partial charge in [-0.25, -0.2) is 9.18 Å². The van der Waals surface area contributed by atoms with E-state index in [0.29, 0.717) is 5.56 Å². The van der Waals surface area contributed by atoms with Gasteiger partial charge in [0, 0.05) is 6.08 Å². The van der Waals surface area contributed by atoms with Gasteiger partial charge in [0.1, 0.15) is 5.82 Å². The molecule has 0 amide bonds. The largest absolute Gasteiger partial charge is 0.478 e. The lowest BCUT2D eigenvalue weighted by Gasteiger charge is -1.99. The zero-order chi connectivity index (χ0) is 10.7. The van der Waals surface area contributed by atoms with E-state index in [1.165, 1.54) is 12.1 Å². The molecule has 0 aliphatic heterocycles. The van der Waals surface area contributed by atoms with Crippen molar-refractivity contribution in [3.05, 3.63) is 39.6 Å². The van der Waals surface area contributed by atoms with Crippen LogP contribution in [-0.4, -0.2) is 11.1 Å². The molecule has 0 saturated carbocycles. The highest BCUT2D eigenvalue weighted by Crippen LogP contribution is 2.24. The highest BCUT2D eigenvalue weighted by Gasteiger charge is 2.04. The minimum atomic E-state index is -1.11. The molecular weight excluding hydrogens is 230 g/mol. The van der Waals surface area contributed by atoms with Gasteiger partial charge >= 0.3 is 5.97 Å². The lowest BCUT2D eigenvalue weighted by Crippen LogP contribution is -1.87. The molecule has 0 aliphatic carbocycles. The summed E-state index contributed by atoms with van der Waals surface area (Å²) in [5.41, 5.74) is 0.362. The molecule has 1 rings (SSSR count). The van der Waals surface area contributed by atoms with E-state index in [1.54, 1.807) is 0 Å². The molecule has 1 aromatic rings. The Bertz CT molecular complexity index is 402. The molecule has 0 saturated heterocycles. The van der Waals surface area contributed by atoms with Crippen molar-refractivity contribution in [3.63, 3.8) is 0 Å². The van der Waals surface area contributed by atoms with Gasteiger partial charge in [-0.15, -0.1) is 0 Å². The summed E-state index contributed by atoms with van der Waals surface area (Å²) < 4.78 is 12.8. The Kier molecular flexibility index (Phi) is 3.49. The van der Waals surface area contributed by atoms with E-state index in [4.69, 9.17) is 28.3 Å². The Morgan fingerprint density at radius 1 is 1.36 bits per heavy atom. The fourth-order valence-electron chi connectivity index (χ4n) is 0.827. The fourth-order valence-corrected chi connectivity index (χ4v) is 1.21. The van der Waals surface area contributed by atoms with Gasteiger partial charge in [-0.2, -0.15) is 0 Å². The van der Waals surface area contributed by atoms with E-state index in [-0.39, 0.29) is 10.0 Å². The standard InChI is InChI=1S/C9H5Cl2FO2/c10-6-4-8(12)7(11)3-5(6)1-2-9(13)14/h1-4H,(H,13,14). The van der Waals surface area contributed by atoms with Gasteiger partial charge in [-0.05, 0) is 23.8 Å². The molecule has 0 spiro atoms. The number of carbonyl (C=O) groups is 1. The number of halogens is 3. The predicted octanol–water partition coefficient (Wildman–Crippen LogP) is 3.23. The summed E-state index contributed by atoms with van der Waals surface area (Å²) >= 11 is 11.1. The molecule has 1 aromatic carbocycles. The smallest absolute Gasteiger partial charge is 0.328 e. The summed E-state index contributed by atoms with van der Waals surface area (Å²) in [5, 5.41) is 8.37. The third kappa shape index (κ3) is 2.72. The van der Waals surface area contributed by atoms with Crippen LogP contribution >= 0.6 is 23.2 Å². The summed E-state index contributed by atoms with van der Waals surface area (Å²) in [7, 11) is 0. The van der Waals surface area contributed by atoms with E-state index in [2.05, 4.69) is 0 Å². The molecule has 0 aliphatic rings. The van der Waals surface area contributed by atoms with Crippen LogP contribution in [0.5, 0.6) is 0 Å². The van der Waals surface area contributed by atoms with Crippen LogP contribution in [0.1, 0.15) is 5.56 Å². The van der Waals surface area contributed by atoms with Crippen LogP contribution in [0.4, 0.5) is 4.39 Å². The first-order chi connectivity index (χ1) is 6.50. The Hall–Kier alpha value is -1.06. The van der Waals surface area contributed by atoms with Crippen molar-refractivity contribution in [2.24, 2.45) is 0 Å². The van der Waals surface area contributed by atoms with Crippen LogP contribution in [0.25, 0.3) is 6.08 Å². The monoisotopic (exact) mass is 234 g/mol. The first-order valence-corrected chi connectivity index (χ1v) is 4.32. The molecular formula is C9H5Cl2FO2. The van der Waals surface area contributed by atoms with Gasteiger partial charge in [-0.1, -0.05) is 23.2 Å². The summed E-state index contributed by atoms with van der Waals surface area (Å²) in [5.74, 6) is -1.74. The number of carboxylic acid groups (broad SMARTS) is 1. The zero-order valence-corrected chi connectivity index (χ0v) is 8.31. The summed E-state index contributed by atoms with van der Waals surface area (Å²) in [4.78, 5) is 10.2. The van der Waals surface area contributed by atoms with Gasteiger partial charge in [0.15, 0.2) is 0 Å². The van der Waals surface area contributed by atoms with E-state index in [0.717, 1.165) is 12.1 Å². The maximum absolute atomic E-state index is 12.8. The molecule has 0 radical (unpaired) electrons. The molecule has 0 unspecified atom stereocenters. The molecule has 0 heterocycles. The van der Waals surface area contributed by atoms with Crippen LogP contribution < -0.4 is 0 Å². The lowest BCUT2D eigenvalue weighted by molar-refractivity contribution is -0.131. The van der Waals surface area contributed by atoms with Crippen LogP contribution in [0.3, 0.4) is 0 Å². The molecule has 1 N–H and O–H groups in total. The topological polar surface area (TPSA) is 37.3 Å². The number of benzene rings is 1. The van der Waals surface area contributed by atoms with Crippen LogP contribution in [0.15, 0.2) is 18.2 Å².